The van der Waals surface area contributed by atoms with Crippen molar-refractivity contribution in [2.24, 2.45) is 0 Å². The number of hydrogen-bond acceptors (Lipinski definition) is 7. The van der Waals surface area contributed by atoms with Crippen LogP contribution in [0.5, 0.6) is 0 Å². The van der Waals surface area contributed by atoms with Gasteiger partial charge in [-0.25, -0.2) is 4.98 Å². The summed E-state index contributed by atoms with van der Waals surface area (Å²) in [7, 11) is 0. The maximum Gasteiger partial charge on any atom is 0.490 e. The minimum atomic E-state index is -0.642. The Morgan fingerprint density at radius 3 is 2.78 bits per heavy atom. The van der Waals surface area contributed by atoms with Gasteiger partial charge < -0.3 is 15.4 Å². The SMILES string of the molecule is CCNc1cnc(Cn2cnc([N+](=O)[O-])n2)cn1. The zero-order valence-electron chi connectivity index (χ0n) is 9.65. The molecule has 9 heteroatoms. The van der Waals surface area contributed by atoms with Crippen LogP contribution in [0.3, 0.4) is 0 Å². The van der Waals surface area contributed by atoms with Crippen LogP contribution in [0.2, 0.25) is 0 Å². The Bertz CT molecular complexity index is 536. The predicted molar refractivity (Wildman–Crippen MR) is 62.0 cm³/mol. The van der Waals surface area contributed by atoms with E-state index in [0.29, 0.717) is 18.1 Å². The summed E-state index contributed by atoms with van der Waals surface area (Å²) in [5.74, 6) is 0.262. The summed E-state index contributed by atoms with van der Waals surface area (Å²) in [6.45, 7) is 3.02. The first-order chi connectivity index (χ1) is 8.69. The molecule has 0 bridgehead atoms. The lowest BCUT2D eigenvalue weighted by molar-refractivity contribution is -0.394. The van der Waals surface area contributed by atoms with Crippen molar-refractivity contribution in [1.29, 1.82) is 0 Å². The molecule has 0 saturated heterocycles. The van der Waals surface area contributed by atoms with Crippen LogP contribution >= 0.6 is 0 Å². The standard InChI is InChI=1S/C9H11N7O2/c1-2-10-8-4-11-7(3-12-8)5-15-6-13-9(14-15)16(17)18/h3-4,6H,2,5H2,1H3,(H,10,12). The van der Waals surface area contributed by atoms with E-state index < -0.39 is 10.9 Å². The van der Waals surface area contributed by atoms with E-state index in [9.17, 15) is 10.1 Å². The molecular formula is C9H11N7O2. The van der Waals surface area contributed by atoms with Gasteiger partial charge in [-0.15, -0.1) is 0 Å². The number of anilines is 1. The molecule has 0 radical (unpaired) electrons. The molecule has 0 aliphatic heterocycles. The van der Waals surface area contributed by atoms with Gasteiger partial charge in [0.25, 0.3) is 0 Å². The summed E-state index contributed by atoms with van der Waals surface area (Å²) >= 11 is 0. The molecule has 1 N–H and O–H groups in total. The fourth-order valence-electron chi connectivity index (χ4n) is 1.32. The topological polar surface area (TPSA) is 112 Å². The van der Waals surface area contributed by atoms with Gasteiger partial charge in [-0.3, -0.25) is 4.98 Å². The van der Waals surface area contributed by atoms with Crippen LogP contribution in [0, 0.1) is 10.1 Å². The molecule has 0 atom stereocenters. The van der Waals surface area contributed by atoms with E-state index in [0.717, 1.165) is 6.54 Å². The number of nitrogens with one attached hydrogen (secondary N) is 1. The summed E-state index contributed by atoms with van der Waals surface area (Å²) in [5, 5.41) is 17.1. The lowest BCUT2D eigenvalue weighted by Crippen LogP contribution is -2.05. The first-order valence-electron chi connectivity index (χ1n) is 5.27. The van der Waals surface area contributed by atoms with Crippen molar-refractivity contribution >= 4 is 11.8 Å². The fourth-order valence-corrected chi connectivity index (χ4v) is 1.32. The monoisotopic (exact) mass is 249 g/mol. The first-order valence-corrected chi connectivity index (χ1v) is 5.27. The number of rotatable bonds is 5. The van der Waals surface area contributed by atoms with Gasteiger partial charge in [0.1, 0.15) is 12.4 Å². The smallest absolute Gasteiger partial charge is 0.390 e. The minimum absolute atomic E-state index is 0.292. The molecule has 2 aromatic heterocycles. The van der Waals surface area contributed by atoms with E-state index in [-0.39, 0.29) is 0 Å². The third-order valence-electron chi connectivity index (χ3n) is 2.07. The van der Waals surface area contributed by atoms with E-state index in [4.69, 9.17) is 0 Å². The van der Waals surface area contributed by atoms with E-state index in [2.05, 4.69) is 25.4 Å². The molecule has 18 heavy (non-hydrogen) atoms. The summed E-state index contributed by atoms with van der Waals surface area (Å²) in [6.07, 6.45) is 4.48. The lowest BCUT2D eigenvalue weighted by atomic mass is 10.4. The van der Waals surface area contributed by atoms with Gasteiger partial charge >= 0.3 is 5.95 Å². The van der Waals surface area contributed by atoms with Crippen molar-refractivity contribution in [3.63, 3.8) is 0 Å². The van der Waals surface area contributed by atoms with Crippen molar-refractivity contribution in [3.8, 4) is 0 Å². The van der Waals surface area contributed by atoms with Crippen LogP contribution in [0.4, 0.5) is 11.8 Å². The van der Waals surface area contributed by atoms with Gasteiger partial charge in [-0.05, 0) is 11.8 Å². The van der Waals surface area contributed by atoms with Gasteiger partial charge in [0.05, 0.1) is 18.1 Å². The Morgan fingerprint density at radius 1 is 1.39 bits per heavy atom. The highest BCUT2D eigenvalue weighted by molar-refractivity contribution is 5.30. The zero-order valence-corrected chi connectivity index (χ0v) is 9.65. The Labute approximate surface area is 102 Å². The van der Waals surface area contributed by atoms with Crippen LogP contribution in [0.1, 0.15) is 12.6 Å². The fraction of sp³-hybridized carbons (Fsp3) is 0.333. The van der Waals surface area contributed by atoms with Crippen molar-refractivity contribution < 1.29 is 4.92 Å². The minimum Gasteiger partial charge on any atom is -0.390 e. The highest BCUT2D eigenvalue weighted by Crippen LogP contribution is 2.04. The molecule has 0 aliphatic carbocycles. The molecule has 0 unspecified atom stereocenters. The summed E-state index contributed by atoms with van der Waals surface area (Å²) in [6, 6.07) is 0. The molecular weight excluding hydrogens is 238 g/mol. The quantitative estimate of drug-likeness (QED) is 0.604. The molecule has 9 nitrogen and oxygen atoms in total. The number of nitrogens with zero attached hydrogens (tertiary/aromatic N) is 6. The molecule has 2 heterocycles. The Hall–Kier alpha value is -2.58. The first kappa shape index (κ1) is 11.9. The van der Waals surface area contributed by atoms with Crippen LogP contribution in [-0.2, 0) is 6.54 Å². The Kier molecular flexibility index (Phi) is 3.41. The van der Waals surface area contributed by atoms with Gasteiger partial charge in [-0.1, -0.05) is 4.98 Å². The van der Waals surface area contributed by atoms with Crippen molar-refractivity contribution in [3.05, 3.63) is 34.5 Å². The maximum atomic E-state index is 10.4. The second-order valence-corrected chi connectivity index (χ2v) is 3.42. The third kappa shape index (κ3) is 2.75. The van der Waals surface area contributed by atoms with Gasteiger partial charge in [0, 0.05) is 11.6 Å². The molecule has 0 spiro atoms. The average Bonchev–Trinajstić information content (AvgIpc) is 2.81. The highest BCUT2D eigenvalue weighted by atomic mass is 16.6. The molecule has 0 amide bonds. The van der Waals surface area contributed by atoms with Crippen molar-refractivity contribution in [2.75, 3.05) is 11.9 Å². The predicted octanol–water partition coefficient (Wildman–Crippen LogP) is 0.456. The largest absolute Gasteiger partial charge is 0.490 e. The van der Waals surface area contributed by atoms with E-state index in [1.54, 1.807) is 12.4 Å². The summed E-state index contributed by atoms with van der Waals surface area (Å²) in [4.78, 5) is 21.6. The van der Waals surface area contributed by atoms with Gasteiger partial charge in [0.15, 0.2) is 0 Å². The van der Waals surface area contributed by atoms with E-state index in [1.165, 1.54) is 11.0 Å². The molecule has 94 valence electrons. The van der Waals surface area contributed by atoms with Crippen LogP contribution in [0.15, 0.2) is 18.7 Å². The van der Waals surface area contributed by atoms with E-state index in [1.807, 2.05) is 6.92 Å². The molecule has 0 aromatic carbocycles. The molecule has 0 saturated carbocycles. The number of hydrogen-bond donors (Lipinski definition) is 1. The maximum absolute atomic E-state index is 10.4. The second-order valence-electron chi connectivity index (χ2n) is 3.42. The molecule has 0 fully saturated rings. The zero-order chi connectivity index (χ0) is 13.0. The molecule has 0 aliphatic rings. The summed E-state index contributed by atoms with van der Waals surface area (Å²) < 4.78 is 1.34. The van der Waals surface area contributed by atoms with Crippen molar-refractivity contribution in [2.45, 2.75) is 13.5 Å². The molecule has 2 rings (SSSR count). The van der Waals surface area contributed by atoms with Gasteiger partial charge in [0.2, 0.25) is 6.33 Å². The van der Waals surface area contributed by atoms with Crippen LogP contribution < -0.4 is 5.32 Å². The average molecular weight is 249 g/mol. The van der Waals surface area contributed by atoms with E-state index >= 15 is 0 Å². The van der Waals surface area contributed by atoms with Gasteiger partial charge in [-0.2, -0.15) is 4.68 Å². The third-order valence-corrected chi connectivity index (χ3v) is 2.07. The lowest BCUT2D eigenvalue weighted by Gasteiger charge is -2.01. The van der Waals surface area contributed by atoms with Crippen LogP contribution in [0.25, 0.3) is 0 Å². The summed E-state index contributed by atoms with van der Waals surface area (Å²) in [5.41, 5.74) is 0.649. The van der Waals surface area contributed by atoms with Crippen molar-refractivity contribution in [1.82, 2.24) is 24.7 Å². The highest BCUT2D eigenvalue weighted by Gasteiger charge is 2.13. The number of nitro groups is 1. The van der Waals surface area contributed by atoms with Crippen LogP contribution in [-0.4, -0.2) is 36.2 Å². The Morgan fingerprint density at radius 2 is 2.22 bits per heavy atom. The normalized spacial score (nSPS) is 10.3. The number of aromatic nitrogens is 5. The second kappa shape index (κ2) is 5.17. The Balaban J connectivity index is 2.06. The molecule has 2 aromatic rings.